The van der Waals surface area contributed by atoms with Gasteiger partial charge in [-0.15, -0.1) is 0 Å². The van der Waals surface area contributed by atoms with E-state index in [1.54, 1.807) is 18.7 Å². The number of aromatic amines is 2. The second kappa shape index (κ2) is 9.09. The van der Waals surface area contributed by atoms with Gasteiger partial charge in [0.2, 0.25) is 0 Å². The number of nitrogens with one attached hydrogen (secondary N) is 2. The molecule has 0 aliphatic rings. The molecule has 0 unspecified atom stereocenters. The molecule has 9 heteroatoms. The molecule has 0 amide bonds. The first kappa shape index (κ1) is 19.6. The highest BCUT2D eigenvalue weighted by molar-refractivity contribution is 6.07. The Hall–Kier alpha value is -3.75. The summed E-state index contributed by atoms with van der Waals surface area (Å²) in [7, 11) is 0. The van der Waals surface area contributed by atoms with Gasteiger partial charge >= 0.3 is 11.9 Å². The Labute approximate surface area is 153 Å². The van der Waals surface area contributed by atoms with Crippen molar-refractivity contribution < 1.29 is 24.6 Å². The van der Waals surface area contributed by atoms with Crippen LogP contribution >= 0.6 is 0 Å². The number of carboxylic acid groups (broad SMARTS) is 2. The van der Waals surface area contributed by atoms with Crippen LogP contribution in [0.1, 0.15) is 28.2 Å². The Morgan fingerprint density at radius 2 is 1.81 bits per heavy atom. The van der Waals surface area contributed by atoms with Gasteiger partial charge in [-0.2, -0.15) is 0 Å². The zero-order valence-electron chi connectivity index (χ0n) is 14.5. The van der Waals surface area contributed by atoms with Crippen molar-refractivity contribution in [2.45, 2.75) is 19.8 Å². The molecule has 0 aliphatic heterocycles. The topological polar surface area (TPSA) is 149 Å². The van der Waals surface area contributed by atoms with Gasteiger partial charge in [-0.1, -0.05) is 0 Å². The van der Waals surface area contributed by atoms with E-state index in [2.05, 4.69) is 19.9 Å². The molecule has 3 aromatic rings. The highest BCUT2D eigenvalue weighted by Crippen LogP contribution is 2.18. The molecule has 140 valence electrons. The fraction of sp³-hybridized carbons (Fsp3) is 0.167. The van der Waals surface area contributed by atoms with Gasteiger partial charge in [0.1, 0.15) is 5.65 Å². The van der Waals surface area contributed by atoms with Crippen molar-refractivity contribution >= 4 is 28.8 Å². The van der Waals surface area contributed by atoms with Crippen LogP contribution in [-0.4, -0.2) is 47.9 Å². The van der Waals surface area contributed by atoms with E-state index in [1.165, 1.54) is 0 Å². The molecular weight excluding hydrogens is 352 g/mol. The summed E-state index contributed by atoms with van der Waals surface area (Å²) in [6.07, 6.45) is 7.32. The number of nitrogens with zero attached hydrogens (tertiary/aromatic N) is 2. The molecule has 0 saturated heterocycles. The molecule has 0 bridgehead atoms. The summed E-state index contributed by atoms with van der Waals surface area (Å²) in [6, 6.07) is 3.75. The van der Waals surface area contributed by atoms with Crippen LogP contribution in [0.3, 0.4) is 0 Å². The van der Waals surface area contributed by atoms with E-state index < -0.39 is 11.9 Å². The number of imidazole rings is 1. The second-order valence-corrected chi connectivity index (χ2v) is 5.51. The molecular formula is C18H18N4O5. The lowest BCUT2D eigenvalue weighted by Crippen LogP contribution is -2.01. The van der Waals surface area contributed by atoms with E-state index >= 15 is 0 Å². The summed E-state index contributed by atoms with van der Waals surface area (Å²) in [5.41, 5.74) is 3.43. The van der Waals surface area contributed by atoms with Crippen LogP contribution in [0, 0.1) is 6.92 Å². The number of aliphatic carboxylic acids is 2. The molecule has 0 fully saturated rings. The highest BCUT2D eigenvalue weighted by Gasteiger charge is 2.13. The van der Waals surface area contributed by atoms with Crippen molar-refractivity contribution in [3.05, 3.63) is 60.0 Å². The maximum absolute atomic E-state index is 12.2. The van der Waals surface area contributed by atoms with E-state index in [-0.39, 0.29) is 5.78 Å². The average Bonchev–Trinajstić information content (AvgIpc) is 3.24. The third kappa shape index (κ3) is 5.63. The van der Waals surface area contributed by atoms with E-state index in [9.17, 15) is 14.4 Å². The lowest BCUT2D eigenvalue weighted by molar-refractivity contribution is -0.134. The van der Waals surface area contributed by atoms with Crippen molar-refractivity contribution in [3.63, 3.8) is 0 Å². The first-order valence-corrected chi connectivity index (χ1v) is 7.96. The Kier molecular flexibility index (Phi) is 6.59. The number of hydrogen-bond acceptors (Lipinski definition) is 5. The number of pyridine rings is 1. The van der Waals surface area contributed by atoms with Gasteiger partial charge in [0.05, 0.1) is 12.0 Å². The number of carbonyl (C=O) groups is 3. The summed E-state index contributed by atoms with van der Waals surface area (Å²) in [6.45, 7) is 1.96. The Morgan fingerprint density at radius 3 is 2.41 bits per heavy atom. The third-order valence-electron chi connectivity index (χ3n) is 3.64. The molecule has 3 aromatic heterocycles. The maximum Gasteiger partial charge on any atom is 0.328 e. The zero-order valence-corrected chi connectivity index (χ0v) is 14.5. The summed E-state index contributed by atoms with van der Waals surface area (Å²) >= 11 is 0. The second-order valence-electron chi connectivity index (χ2n) is 5.51. The Morgan fingerprint density at radius 1 is 1.11 bits per heavy atom. The number of H-pyrrole nitrogens is 2. The van der Waals surface area contributed by atoms with Crippen LogP contribution in [0.4, 0.5) is 0 Å². The number of carbonyl (C=O) groups excluding carboxylic acids is 1. The number of hydrogen-bond donors (Lipinski definition) is 4. The molecule has 9 nitrogen and oxygen atoms in total. The summed E-state index contributed by atoms with van der Waals surface area (Å²) in [5, 5.41) is 16.5. The summed E-state index contributed by atoms with van der Waals surface area (Å²) in [4.78, 5) is 45.8. The van der Waals surface area contributed by atoms with Crippen molar-refractivity contribution in [3.8, 4) is 0 Å². The molecule has 0 radical (unpaired) electrons. The fourth-order valence-corrected chi connectivity index (χ4v) is 2.34. The van der Waals surface area contributed by atoms with E-state index in [0.29, 0.717) is 30.6 Å². The molecule has 4 N–H and O–H groups in total. The quantitative estimate of drug-likeness (QED) is 0.383. The lowest BCUT2D eigenvalue weighted by Gasteiger charge is -1.99. The SMILES string of the molecule is Cc1[nH]cnc1CCC(=O)c1c[nH]c2ncccc12.O=C(O)C=CC(=O)O. The Balaban J connectivity index is 0.000000279. The first-order chi connectivity index (χ1) is 12.9. The van der Waals surface area contributed by atoms with Crippen molar-refractivity contribution in [2.75, 3.05) is 0 Å². The highest BCUT2D eigenvalue weighted by atomic mass is 16.4. The predicted octanol–water partition coefficient (Wildman–Crippen LogP) is 2.12. The van der Waals surface area contributed by atoms with Gasteiger partial charge in [-0.05, 0) is 25.5 Å². The van der Waals surface area contributed by atoms with Gasteiger partial charge in [0.15, 0.2) is 5.78 Å². The standard InChI is InChI=1S/C14H14N4O.C4H4O4/c1-9-12(18-8-17-9)4-5-13(19)11-7-16-14-10(11)3-2-6-15-14;5-3(6)1-2-4(7)8/h2-3,6-8H,4-5H2,1H3,(H,15,16)(H,17,18);1-2H,(H,5,6)(H,7,8). The van der Waals surface area contributed by atoms with Crippen molar-refractivity contribution in [2.24, 2.45) is 0 Å². The van der Waals surface area contributed by atoms with Gasteiger partial charge < -0.3 is 20.2 Å². The monoisotopic (exact) mass is 370 g/mol. The van der Waals surface area contributed by atoms with Crippen LogP contribution in [0.2, 0.25) is 0 Å². The number of Topliss-reactive ketones (excluding diaryl/α,β-unsaturated/α-hetero) is 1. The largest absolute Gasteiger partial charge is 0.478 e. The fourth-order valence-electron chi connectivity index (χ4n) is 2.34. The van der Waals surface area contributed by atoms with Crippen LogP contribution < -0.4 is 0 Å². The Bertz CT molecular complexity index is 970. The molecule has 3 rings (SSSR count). The van der Waals surface area contributed by atoms with Gasteiger partial charge in [-0.3, -0.25) is 4.79 Å². The number of aromatic nitrogens is 4. The first-order valence-electron chi connectivity index (χ1n) is 7.96. The molecule has 0 atom stereocenters. The number of aryl methyl sites for hydroxylation is 2. The minimum Gasteiger partial charge on any atom is -0.478 e. The molecule has 0 aliphatic carbocycles. The predicted molar refractivity (Wildman–Crippen MR) is 96.5 cm³/mol. The molecule has 0 spiro atoms. The number of rotatable bonds is 6. The van der Waals surface area contributed by atoms with Crippen LogP contribution in [0.25, 0.3) is 11.0 Å². The van der Waals surface area contributed by atoms with E-state index in [0.717, 1.165) is 22.4 Å². The van der Waals surface area contributed by atoms with Crippen molar-refractivity contribution in [1.82, 2.24) is 19.9 Å². The number of ketones is 1. The molecule has 0 aromatic carbocycles. The van der Waals surface area contributed by atoms with E-state index in [4.69, 9.17) is 10.2 Å². The number of carboxylic acids is 2. The van der Waals surface area contributed by atoms with E-state index in [1.807, 2.05) is 19.1 Å². The van der Waals surface area contributed by atoms with Crippen LogP contribution in [-0.2, 0) is 16.0 Å². The molecule has 27 heavy (non-hydrogen) atoms. The summed E-state index contributed by atoms with van der Waals surface area (Å²) < 4.78 is 0. The molecule has 0 saturated carbocycles. The maximum atomic E-state index is 12.2. The van der Waals surface area contributed by atoms with Crippen LogP contribution in [0.5, 0.6) is 0 Å². The minimum absolute atomic E-state index is 0.113. The summed E-state index contributed by atoms with van der Waals surface area (Å²) in [5.74, 6) is -2.40. The van der Waals surface area contributed by atoms with Gasteiger partial charge in [0, 0.05) is 47.6 Å². The third-order valence-corrected chi connectivity index (χ3v) is 3.64. The number of fused-ring (bicyclic) bond motifs is 1. The zero-order chi connectivity index (χ0) is 19.8. The smallest absolute Gasteiger partial charge is 0.328 e. The lowest BCUT2D eigenvalue weighted by atomic mass is 10.1. The van der Waals surface area contributed by atoms with Gasteiger partial charge in [0.25, 0.3) is 0 Å². The minimum atomic E-state index is -1.26. The van der Waals surface area contributed by atoms with Gasteiger partial charge in [-0.25, -0.2) is 19.6 Å². The normalized spacial score (nSPS) is 10.6. The van der Waals surface area contributed by atoms with Crippen molar-refractivity contribution in [1.29, 1.82) is 0 Å². The average molecular weight is 370 g/mol. The van der Waals surface area contributed by atoms with Crippen LogP contribution in [0.15, 0.2) is 43.0 Å². The molecule has 3 heterocycles.